The van der Waals surface area contributed by atoms with Gasteiger partial charge in [0.2, 0.25) is 6.04 Å². The van der Waals surface area contributed by atoms with Crippen LogP contribution in [0.2, 0.25) is 0 Å². The Morgan fingerprint density at radius 2 is 2.04 bits per heavy atom. The lowest BCUT2D eigenvalue weighted by Gasteiger charge is -2.06. The van der Waals surface area contributed by atoms with E-state index in [1.807, 2.05) is 36.4 Å². The molecule has 6 heteroatoms. The first kappa shape index (κ1) is 17.5. The second-order valence-corrected chi connectivity index (χ2v) is 5.15. The highest BCUT2D eigenvalue weighted by Gasteiger charge is 2.24. The van der Waals surface area contributed by atoms with E-state index in [-0.39, 0.29) is 6.61 Å². The number of rotatable bonds is 7. The fraction of sp³-hybridized carbons (Fsp3) is 0.278. The van der Waals surface area contributed by atoms with E-state index < -0.39 is 17.8 Å². The molecule has 0 aliphatic heterocycles. The van der Waals surface area contributed by atoms with Crippen LogP contribution in [0.4, 0.5) is 5.69 Å². The zero-order valence-electron chi connectivity index (χ0n) is 13.7. The summed E-state index contributed by atoms with van der Waals surface area (Å²) in [6.45, 7) is 3.16. The fourth-order valence-electron chi connectivity index (χ4n) is 2.08. The molecule has 0 fully saturated rings. The van der Waals surface area contributed by atoms with Crippen LogP contribution in [0, 0.1) is 0 Å². The number of nitrogens with zero attached hydrogens (tertiary/aromatic N) is 3. The quantitative estimate of drug-likeness (QED) is 0.444. The van der Waals surface area contributed by atoms with Crippen LogP contribution in [-0.4, -0.2) is 29.4 Å². The van der Waals surface area contributed by atoms with Gasteiger partial charge in [-0.25, -0.2) is 4.79 Å². The molecule has 6 nitrogen and oxygen atoms in total. The summed E-state index contributed by atoms with van der Waals surface area (Å²) in [5.74, 6) is -1.08. The van der Waals surface area contributed by atoms with Gasteiger partial charge in [-0.15, -0.1) is 0 Å². The first-order valence-corrected chi connectivity index (χ1v) is 7.67. The van der Waals surface area contributed by atoms with Gasteiger partial charge in [0.1, 0.15) is 0 Å². The lowest BCUT2D eigenvalue weighted by atomic mass is 10.1. The van der Waals surface area contributed by atoms with Gasteiger partial charge in [-0.2, -0.15) is 10.2 Å². The summed E-state index contributed by atoms with van der Waals surface area (Å²) >= 11 is 0. The number of Topliss-reactive ketones (excluding diaryl/α,β-unsaturated/α-hetero) is 1. The van der Waals surface area contributed by atoms with E-state index >= 15 is 0 Å². The number of ketones is 1. The molecule has 1 unspecified atom stereocenters. The third-order valence-corrected chi connectivity index (χ3v) is 3.21. The number of pyridine rings is 1. The summed E-state index contributed by atoms with van der Waals surface area (Å²) in [4.78, 5) is 27.5. The number of azo groups is 1. The van der Waals surface area contributed by atoms with Crippen LogP contribution in [0.25, 0.3) is 0 Å². The van der Waals surface area contributed by atoms with E-state index in [0.29, 0.717) is 12.1 Å². The van der Waals surface area contributed by atoms with Crippen LogP contribution in [-0.2, 0) is 20.7 Å². The van der Waals surface area contributed by atoms with Gasteiger partial charge >= 0.3 is 5.97 Å². The monoisotopic (exact) mass is 325 g/mol. The van der Waals surface area contributed by atoms with Crippen LogP contribution in [0.5, 0.6) is 0 Å². The van der Waals surface area contributed by atoms with E-state index in [0.717, 1.165) is 11.3 Å². The molecule has 0 spiro atoms. The highest BCUT2D eigenvalue weighted by Crippen LogP contribution is 2.17. The summed E-state index contributed by atoms with van der Waals surface area (Å²) in [5, 5.41) is 7.86. The zero-order chi connectivity index (χ0) is 17.4. The SMILES string of the molecule is CCOC(=O)C(N=Nc1cccc(Cc2ccccn2)c1)C(C)=O. The van der Waals surface area contributed by atoms with Crippen LogP contribution in [0.3, 0.4) is 0 Å². The standard InChI is InChI=1S/C18H19N3O3/c1-3-24-18(23)17(13(2)22)21-20-16-9-6-7-14(12-16)11-15-8-4-5-10-19-15/h4-10,12,17H,3,11H2,1-2H3. The Hall–Kier alpha value is -2.89. The Morgan fingerprint density at radius 1 is 1.21 bits per heavy atom. The largest absolute Gasteiger partial charge is 0.464 e. The van der Waals surface area contributed by atoms with E-state index in [1.165, 1.54) is 6.92 Å². The van der Waals surface area contributed by atoms with Gasteiger partial charge < -0.3 is 4.74 Å². The smallest absolute Gasteiger partial charge is 0.340 e. The summed E-state index contributed by atoms with van der Waals surface area (Å²) in [6, 6.07) is 11.9. The Kier molecular flexibility index (Phi) is 6.31. The number of esters is 1. The van der Waals surface area contributed by atoms with Gasteiger partial charge in [-0.3, -0.25) is 9.78 Å². The number of carbonyl (C=O) groups excluding carboxylic acids is 2. The molecule has 0 N–H and O–H groups in total. The molecule has 24 heavy (non-hydrogen) atoms. The van der Waals surface area contributed by atoms with Gasteiger partial charge in [-0.1, -0.05) is 18.2 Å². The average Bonchev–Trinajstić information content (AvgIpc) is 2.56. The lowest BCUT2D eigenvalue weighted by Crippen LogP contribution is -2.28. The number of hydrogen-bond acceptors (Lipinski definition) is 6. The number of benzene rings is 1. The number of ether oxygens (including phenoxy) is 1. The van der Waals surface area contributed by atoms with Gasteiger partial charge in [0.05, 0.1) is 12.3 Å². The Labute approximate surface area is 140 Å². The van der Waals surface area contributed by atoms with Gasteiger partial charge in [0.25, 0.3) is 0 Å². The van der Waals surface area contributed by atoms with Crippen molar-refractivity contribution in [1.82, 2.24) is 4.98 Å². The summed E-state index contributed by atoms with van der Waals surface area (Å²) in [7, 11) is 0. The molecule has 0 aliphatic carbocycles. The van der Waals surface area contributed by atoms with E-state index in [1.54, 1.807) is 19.2 Å². The van der Waals surface area contributed by atoms with E-state index in [4.69, 9.17) is 4.74 Å². The second kappa shape index (κ2) is 8.67. The molecule has 0 saturated carbocycles. The Morgan fingerprint density at radius 3 is 2.71 bits per heavy atom. The van der Waals surface area contributed by atoms with Crippen LogP contribution >= 0.6 is 0 Å². The Balaban J connectivity index is 2.12. The van der Waals surface area contributed by atoms with Gasteiger partial charge in [-0.05, 0) is 43.7 Å². The normalized spacial score (nSPS) is 12.1. The maximum Gasteiger partial charge on any atom is 0.340 e. The highest BCUT2D eigenvalue weighted by atomic mass is 16.5. The predicted octanol–water partition coefficient (Wildman–Crippen LogP) is 3.28. The molecule has 1 atom stereocenters. The minimum Gasteiger partial charge on any atom is -0.464 e. The molecule has 2 rings (SSSR count). The fourth-order valence-corrected chi connectivity index (χ4v) is 2.08. The van der Waals surface area contributed by atoms with Crippen molar-refractivity contribution in [2.24, 2.45) is 10.2 Å². The zero-order valence-corrected chi connectivity index (χ0v) is 13.7. The van der Waals surface area contributed by atoms with Gasteiger partial charge in [0, 0.05) is 18.3 Å². The minimum atomic E-state index is -1.22. The van der Waals surface area contributed by atoms with Crippen molar-refractivity contribution in [3.05, 3.63) is 59.9 Å². The molecule has 1 heterocycles. The highest BCUT2D eigenvalue weighted by molar-refractivity contribution is 6.02. The molecule has 124 valence electrons. The molecule has 0 bridgehead atoms. The molecule has 1 aromatic carbocycles. The van der Waals surface area contributed by atoms with Crippen molar-refractivity contribution in [1.29, 1.82) is 0 Å². The van der Waals surface area contributed by atoms with Crippen LogP contribution in [0.15, 0.2) is 58.9 Å². The maximum absolute atomic E-state index is 11.7. The van der Waals surface area contributed by atoms with E-state index in [2.05, 4.69) is 15.2 Å². The Bertz CT molecular complexity index is 729. The first-order chi connectivity index (χ1) is 11.6. The van der Waals surface area contributed by atoms with E-state index in [9.17, 15) is 9.59 Å². The second-order valence-electron chi connectivity index (χ2n) is 5.15. The molecule has 0 amide bonds. The van der Waals surface area contributed by atoms with Crippen molar-refractivity contribution < 1.29 is 14.3 Å². The van der Waals surface area contributed by atoms with Crippen LogP contribution in [0.1, 0.15) is 25.1 Å². The maximum atomic E-state index is 11.7. The van der Waals surface area contributed by atoms with Crippen molar-refractivity contribution in [2.45, 2.75) is 26.3 Å². The number of carbonyl (C=O) groups is 2. The molecular weight excluding hydrogens is 306 g/mol. The predicted molar refractivity (Wildman–Crippen MR) is 89.1 cm³/mol. The molecule has 1 aromatic heterocycles. The van der Waals surface area contributed by atoms with Crippen LogP contribution < -0.4 is 0 Å². The lowest BCUT2D eigenvalue weighted by molar-refractivity contribution is -0.147. The topological polar surface area (TPSA) is 81.0 Å². The van der Waals surface area contributed by atoms with Gasteiger partial charge in [0.15, 0.2) is 5.78 Å². The van der Waals surface area contributed by atoms with Crippen molar-refractivity contribution in [3.63, 3.8) is 0 Å². The molecule has 0 saturated heterocycles. The third kappa shape index (κ3) is 5.08. The number of hydrogen-bond donors (Lipinski definition) is 0. The summed E-state index contributed by atoms with van der Waals surface area (Å²) < 4.78 is 4.83. The molecule has 0 radical (unpaired) electrons. The summed E-state index contributed by atoms with van der Waals surface area (Å²) in [6.07, 6.45) is 2.41. The van der Waals surface area contributed by atoms with Crippen molar-refractivity contribution >= 4 is 17.4 Å². The van der Waals surface area contributed by atoms with Crippen molar-refractivity contribution in [3.8, 4) is 0 Å². The molecule has 2 aromatic rings. The summed E-state index contributed by atoms with van der Waals surface area (Å²) in [5.41, 5.74) is 2.53. The third-order valence-electron chi connectivity index (χ3n) is 3.21. The molecule has 0 aliphatic rings. The average molecular weight is 325 g/mol. The first-order valence-electron chi connectivity index (χ1n) is 7.67. The molecular formula is C18H19N3O3. The number of aromatic nitrogens is 1. The minimum absolute atomic E-state index is 0.192. The van der Waals surface area contributed by atoms with Crippen molar-refractivity contribution in [2.75, 3.05) is 6.61 Å².